The van der Waals surface area contributed by atoms with Crippen molar-refractivity contribution in [3.63, 3.8) is 0 Å². The molecule has 0 radical (unpaired) electrons. The van der Waals surface area contributed by atoms with Crippen LogP contribution >= 0.6 is 11.3 Å². The highest BCUT2D eigenvalue weighted by Crippen LogP contribution is 2.24. The zero-order valence-electron chi connectivity index (χ0n) is 12.4. The summed E-state index contributed by atoms with van der Waals surface area (Å²) in [6.45, 7) is 8.09. The third-order valence-corrected chi connectivity index (χ3v) is 4.70. The van der Waals surface area contributed by atoms with E-state index in [4.69, 9.17) is 4.74 Å². The van der Waals surface area contributed by atoms with Gasteiger partial charge in [-0.15, -0.1) is 11.3 Å². The Labute approximate surface area is 124 Å². The highest BCUT2D eigenvalue weighted by molar-refractivity contribution is 7.11. The minimum atomic E-state index is -0.199. The van der Waals surface area contributed by atoms with E-state index in [-0.39, 0.29) is 17.6 Å². The van der Waals surface area contributed by atoms with Gasteiger partial charge in [-0.1, -0.05) is 6.92 Å². The monoisotopic (exact) mass is 297 g/mol. The van der Waals surface area contributed by atoms with Crippen molar-refractivity contribution in [3.8, 4) is 0 Å². The molecule has 1 aromatic heterocycles. The fraction of sp³-hybridized carbons (Fsp3) is 0.714. The second kappa shape index (κ2) is 6.54. The molecule has 2 N–H and O–H groups in total. The maximum absolute atomic E-state index is 11.8. The van der Waals surface area contributed by atoms with E-state index in [9.17, 15) is 4.79 Å². The Kier molecular flexibility index (Phi) is 4.99. The van der Waals surface area contributed by atoms with Crippen LogP contribution in [0.25, 0.3) is 0 Å². The summed E-state index contributed by atoms with van der Waals surface area (Å²) < 4.78 is 5.64. The third kappa shape index (κ3) is 4.18. The van der Waals surface area contributed by atoms with Gasteiger partial charge in [0.1, 0.15) is 0 Å². The minimum Gasteiger partial charge on any atom is -0.373 e. The molecule has 0 aromatic carbocycles. The smallest absolute Gasteiger partial charge is 0.314 e. The summed E-state index contributed by atoms with van der Waals surface area (Å²) in [5.41, 5.74) is -0.199. The fourth-order valence-corrected chi connectivity index (χ4v) is 3.06. The number of urea groups is 1. The molecule has 1 aromatic rings. The van der Waals surface area contributed by atoms with Crippen molar-refractivity contribution < 1.29 is 9.53 Å². The summed E-state index contributed by atoms with van der Waals surface area (Å²) in [5, 5.41) is 6.84. The number of nitrogens with zero attached hydrogens (tertiary/aromatic N) is 1. The molecular weight excluding hydrogens is 274 g/mol. The van der Waals surface area contributed by atoms with Gasteiger partial charge in [0.05, 0.1) is 10.6 Å². The maximum atomic E-state index is 11.8. The summed E-state index contributed by atoms with van der Waals surface area (Å²) >= 11 is 1.68. The molecule has 1 aliphatic rings. The molecule has 6 heteroatoms. The lowest BCUT2D eigenvalue weighted by Crippen LogP contribution is -2.45. The first kappa shape index (κ1) is 15.3. The van der Waals surface area contributed by atoms with Gasteiger partial charge in [-0.2, -0.15) is 0 Å². The average Bonchev–Trinajstić information content (AvgIpc) is 3.03. The lowest BCUT2D eigenvalue weighted by Gasteiger charge is -2.23. The Hall–Kier alpha value is -1.14. The summed E-state index contributed by atoms with van der Waals surface area (Å²) in [4.78, 5) is 17.3. The van der Waals surface area contributed by atoms with Gasteiger partial charge in [0, 0.05) is 36.7 Å². The molecule has 20 heavy (non-hydrogen) atoms. The van der Waals surface area contributed by atoms with Crippen LogP contribution in [0, 0.1) is 6.92 Å². The van der Waals surface area contributed by atoms with Crippen LogP contribution < -0.4 is 10.6 Å². The van der Waals surface area contributed by atoms with Crippen LogP contribution in [-0.4, -0.2) is 36.3 Å². The van der Waals surface area contributed by atoms with Gasteiger partial charge < -0.3 is 15.4 Å². The van der Waals surface area contributed by atoms with Crippen molar-refractivity contribution >= 4 is 17.4 Å². The van der Waals surface area contributed by atoms with E-state index in [0.717, 1.165) is 24.5 Å². The molecule has 112 valence electrons. The van der Waals surface area contributed by atoms with Crippen LogP contribution in [0.2, 0.25) is 0 Å². The van der Waals surface area contributed by atoms with Crippen molar-refractivity contribution in [3.05, 3.63) is 16.1 Å². The fourth-order valence-electron chi connectivity index (χ4n) is 2.24. The zero-order chi connectivity index (χ0) is 14.6. The number of ether oxygens (including phenoxy) is 1. The normalized spacial score (nSPS) is 23.6. The maximum Gasteiger partial charge on any atom is 0.314 e. The van der Waals surface area contributed by atoms with Gasteiger partial charge in [-0.05, 0) is 26.7 Å². The lowest BCUT2D eigenvalue weighted by molar-refractivity contribution is 0.0229. The van der Waals surface area contributed by atoms with Crippen molar-refractivity contribution in [2.45, 2.75) is 45.1 Å². The van der Waals surface area contributed by atoms with Crippen LogP contribution in [0.3, 0.4) is 0 Å². The van der Waals surface area contributed by atoms with Crippen molar-refractivity contribution in [2.75, 3.05) is 19.7 Å². The Morgan fingerprint density at radius 1 is 1.60 bits per heavy atom. The van der Waals surface area contributed by atoms with Crippen LogP contribution in [0.5, 0.6) is 0 Å². The van der Waals surface area contributed by atoms with E-state index in [1.807, 2.05) is 20.0 Å². The van der Waals surface area contributed by atoms with Gasteiger partial charge in [0.2, 0.25) is 0 Å². The van der Waals surface area contributed by atoms with E-state index in [0.29, 0.717) is 13.1 Å². The number of aryl methyl sites for hydroxylation is 1. The Morgan fingerprint density at radius 3 is 3.00 bits per heavy atom. The number of nitrogens with one attached hydrogen (secondary N) is 2. The van der Waals surface area contributed by atoms with E-state index < -0.39 is 0 Å². The van der Waals surface area contributed by atoms with Crippen LogP contribution in [0.15, 0.2) is 6.20 Å². The summed E-state index contributed by atoms with van der Waals surface area (Å²) in [6.07, 6.45) is 3.94. The van der Waals surface area contributed by atoms with Gasteiger partial charge in [-0.3, -0.25) is 0 Å². The molecule has 0 aliphatic carbocycles. The molecule has 1 fully saturated rings. The highest BCUT2D eigenvalue weighted by atomic mass is 32.1. The number of carbonyl (C=O) groups is 1. The van der Waals surface area contributed by atoms with Crippen molar-refractivity contribution in [1.29, 1.82) is 0 Å². The predicted molar refractivity (Wildman–Crippen MR) is 80.3 cm³/mol. The number of amides is 2. The van der Waals surface area contributed by atoms with Crippen molar-refractivity contribution in [1.82, 2.24) is 15.6 Å². The first-order chi connectivity index (χ1) is 9.48. The lowest BCUT2D eigenvalue weighted by atomic mass is 10.0. The number of aromatic nitrogens is 1. The molecule has 1 saturated heterocycles. The number of hydrogen-bond donors (Lipinski definition) is 2. The largest absolute Gasteiger partial charge is 0.373 e. The summed E-state index contributed by atoms with van der Waals surface area (Å²) in [7, 11) is 0. The summed E-state index contributed by atoms with van der Waals surface area (Å²) in [6, 6.07) is -0.137. The Morgan fingerprint density at radius 2 is 2.40 bits per heavy atom. The molecule has 2 atom stereocenters. The van der Waals surface area contributed by atoms with E-state index in [2.05, 4.69) is 22.5 Å². The van der Waals surface area contributed by atoms with Gasteiger partial charge >= 0.3 is 6.03 Å². The molecular formula is C14H23N3O2S. The molecule has 1 aliphatic heterocycles. The first-order valence-corrected chi connectivity index (χ1v) is 7.88. The predicted octanol–water partition coefficient (Wildman–Crippen LogP) is 2.42. The molecule has 2 amide bonds. The quantitative estimate of drug-likeness (QED) is 0.877. The number of hydrogen-bond acceptors (Lipinski definition) is 4. The molecule has 2 heterocycles. The molecule has 2 rings (SSSR count). The summed E-state index contributed by atoms with van der Waals surface area (Å²) in [5.74, 6) is 0.234. The molecule has 0 bridgehead atoms. The van der Waals surface area contributed by atoms with Crippen LogP contribution in [0.1, 0.15) is 42.5 Å². The minimum absolute atomic E-state index is 0.137. The average molecular weight is 297 g/mol. The second-order valence-corrected chi connectivity index (χ2v) is 6.94. The van der Waals surface area contributed by atoms with Gasteiger partial charge in [-0.25, -0.2) is 9.78 Å². The topological polar surface area (TPSA) is 63.2 Å². The Bertz CT molecular complexity index is 455. The van der Waals surface area contributed by atoms with Crippen LogP contribution in [-0.2, 0) is 4.74 Å². The molecule has 2 unspecified atom stereocenters. The third-order valence-electron chi connectivity index (χ3n) is 3.55. The van der Waals surface area contributed by atoms with E-state index in [1.54, 1.807) is 11.3 Å². The number of carbonyl (C=O) groups excluding carboxylic acids is 1. The van der Waals surface area contributed by atoms with Gasteiger partial charge in [0.15, 0.2) is 0 Å². The number of thiazole rings is 1. The highest BCUT2D eigenvalue weighted by Gasteiger charge is 2.29. The van der Waals surface area contributed by atoms with Crippen LogP contribution in [0.4, 0.5) is 4.79 Å². The van der Waals surface area contributed by atoms with Gasteiger partial charge in [0.25, 0.3) is 0 Å². The number of rotatable bonds is 5. The second-order valence-electron chi connectivity index (χ2n) is 5.68. The molecule has 5 nitrogen and oxygen atoms in total. The molecule has 0 saturated carbocycles. The first-order valence-electron chi connectivity index (χ1n) is 7.06. The van der Waals surface area contributed by atoms with Crippen molar-refractivity contribution in [2.24, 2.45) is 0 Å². The van der Waals surface area contributed by atoms with E-state index in [1.165, 1.54) is 4.88 Å². The molecule has 0 spiro atoms. The SMILES string of the molecule is Cc1cnc(C(C)CNC(=O)NCC2(C)CCCO2)s1. The standard InChI is InChI=1S/C14H23N3O2S/c1-10(12-15-8-11(2)20-12)7-16-13(18)17-9-14(3)5-4-6-19-14/h8,10H,4-7,9H2,1-3H3,(H2,16,17,18). The Balaban J connectivity index is 1.69. The zero-order valence-corrected chi connectivity index (χ0v) is 13.2. The van der Waals surface area contributed by atoms with E-state index >= 15 is 0 Å².